The molecule has 0 aliphatic rings. The van der Waals surface area contributed by atoms with Gasteiger partial charge in [0.15, 0.2) is 35.8 Å². The summed E-state index contributed by atoms with van der Waals surface area (Å²) in [6.07, 6.45) is -1.01. The SMILES string of the molecule is CCOc1ccccc1OCC(=O)NNC(=O)[C@H](C)Oc1ccccc1F. The molecule has 2 N–H and O–H groups in total. The monoisotopic (exact) mass is 376 g/mol. The number of nitrogens with one attached hydrogen (secondary N) is 2. The first kappa shape index (κ1) is 20.0. The van der Waals surface area contributed by atoms with Crippen molar-refractivity contribution in [1.82, 2.24) is 10.9 Å². The number of para-hydroxylation sites is 3. The molecule has 2 amide bonds. The van der Waals surface area contributed by atoms with Gasteiger partial charge in [-0.3, -0.25) is 20.4 Å². The summed E-state index contributed by atoms with van der Waals surface area (Å²) in [6.45, 7) is 3.40. The van der Waals surface area contributed by atoms with Gasteiger partial charge in [0.25, 0.3) is 11.8 Å². The fourth-order valence-electron chi connectivity index (χ4n) is 2.04. The van der Waals surface area contributed by atoms with E-state index in [1.54, 1.807) is 30.3 Å². The van der Waals surface area contributed by atoms with Gasteiger partial charge in [-0.25, -0.2) is 4.39 Å². The molecular formula is C19H21FN2O5. The molecule has 1 atom stereocenters. The van der Waals surface area contributed by atoms with Crippen LogP contribution >= 0.6 is 0 Å². The molecule has 0 spiro atoms. The van der Waals surface area contributed by atoms with Gasteiger partial charge in [0.1, 0.15) is 0 Å². The van der Waals surface area contributed by atoms with Crippen molar-refractivity contribution in [2.24, 2.45) is 0 Å². The maximum absolute atomic E-state index is 13.5. The van der Waals surface area contributed by atoms with E-state index in [1.807, 2.05) is 6.92 Å². The standard InChI is InChI=1S/C19H21FN2O5/c1-3-25-16-10-6-7-11-17(16)26-12-18(23)21-22-19(24)13(2)27-15-9-5-4-8-14(15)20/h4-11,13H,3,12H2,1-2H3,(H,21,23)(H,22,24)/t13-/m0/s1. The van der Waals surface area contributed by atoms with Crippen molar-refractivity contribution in [1.29, 1.82) is 0 Å². The number of hydrogen-bond donors (Lipinski definition) is 2. The van der Waals surface area contributed by atoms with Crippen molar-refractivity contribution in [3.05, 3.63) is 54.3 Å². The number of hydrazine groups is 1. The lowest BCUT2D eigenvalue weighted by Crippen LogP contribution is -2.48. The second kappa shape index (κ2) is 10.0. The normalized spacial score (nSPS) is 11.2. The van der Waals surface area contributed by atoms with Gasteiger partial charge < -0.3 is 14.2 Å². The van der Waals surface area contributed by atoms with Crippen LogP contribution in [0.15, 0.2) is 48.5 Å². The Morgan fingerprint density at radius 3 is 2.19 bits per heavy atom. The molecule has 27 heavy (non-hydrogen) atoms. The van der Waals surface area contributed by atoms with Crippen LogP contribution in [0.5, 0.6) is 17.2 Å². The van der Waals surface area contributed by atoms with E-state index in [0.29, 0.717) is 18.1 Å². The third-order valence-corrected chi connectivity index (χ3v) is 3.34. The maximum Gasteiger partial charge on any atom is 0.279 e. The van der Waals surface area contributed by atoms with E-state index in [2.05, 4.69) is 10.9 Å². The molecule has 2 rings (SSSR count). The number of benzene rings is 2. The first-order valence-electron chi connectivity index (χ1n) is 8.35. The second-order valence-corrected chi connectivity index (χ2v) is 5.40. The van der Waals surface area contributed by atoms with Crippen LogP contribution in [0, 0.1) is 5.82 Å². The van der Waals surface area contributed by atoms with E-state index in [-0.39, 0.29) is 12.4 Å². The second-order valence-electron chi connectivity index (χ2n) is 5.40. The van der Waals surface area contributed by atoms with Gasteiger partial charge in [-0.05, 0) is 38.1 Å². The predicted octanol–water partition coefficient (Wildman–Crippen LogP) is 2.22. The number of rotatable bonds is 8. The molecule has 0 radical (unpaired) electrons. The van der Waals surface area contributed by atoms with Crippen molar-refractivity contribution in [2.45, 2.75) is 20.0 Å². The predicted molar refractivity (Wildman–Crippen MR) is 95.9 cm³/mol. The molecule has 2 aromatic carbocycles. The summed E-state index contributed by atoms with van der Waals surface area (Å²) in [6, 6.07) is 12.6. The molecular weight excluding hydrogens is 355 g/mol. The van der Waals surface area contributed by atoms with Crippen LogP contribution in [0.3, 0.4) is 0 Å². The van der Waals surface area contributed by atoms with Crippen molar-refractivity contribution < 1.29 is 28.2 Å². The van der Waals surface area contributed by atoms with Crippen LogP contribution in [-0.2, 0) is 9.59 Å². The van der Waals surface area contributed by atoms with Gasteiger partial charge in [0.2, 0.25) is 0 Å². The zero-order valence-electron chi connectivity index (χ0n) is 15.0. The average Bonchev–Trinajstić information content (AvgIpc) is 2.67. The van der Waals surface area contributed by atoms with Crippen molar-refractivity contribution in [3.8, 4) is 17.2 Å². The Hall–Kier alpha value is -3.29. The van der Waals surface area contributed by atoms with E-state index in [9.17, 15) is 14.0 Å². The summed E-state index contributed by atoms with van der Waals surface area (Å²) >= 11 is 0. The summed E-state index contributed by atoms with van der Waals surface area (Å²) in [5, 5.41) is 0. The van der Waals surface area contributed by atoms with Gasteiger partial charge >= 0.3 is 0 Å². The number of amides is 2. The van der Waals surface area contributed by atoms with E-state index in [0.717, 1.165) is 0 Å². The van der Waals surface area contributed by atoms with Crippen LogP contribution in [0.2, 0.25) is 0 Å². The first-order valence-corrected chi connectivity index (χ1v) is 8.35. The summed E-state index contributed by atoms with van der Waals surface area (Å²) in [5.41, 5.74) is 4.41. The Morgan fingerprint density at radius 1 is 0.963 bits per heavy atom. The Morgan fingerprint density at radius 2 is 1.56 bits per heavy atom. The Kier molecular flexibility index (Phi) is 7.42. The molecule has 0 aromatic heterocycles. The molecule has 8 heteroatoms. The summed E-state index contributed by atoms with van der Waals surface area (Å²) in [4.78, 5) is 23.8. The fourth-order valence-corrected chi connectivity index (χ4v) is 2.04. The van der Waals surface area contributed by atoms with Gasteiger partial charge in [-0.2, -0.15) is 0 Å². The number of hydrogen-bond acceptors (Lipinski definition) is 5. The van der Waals surface area contributed by atoms with Crippen molar-refractivity contribution in [2.75, 3.05) is 13.2 Å². The highest BCUT2D eigenvalue weighted by Crippen LogP contribution is 2.26. The van der Waals surface area contributed by atoms with Crippen molar-refractivity contribution in [3.63, 3.8) is 0 Å². The van der Waals surface area contributed by atoms with Crippen LogP contribution in [0.25, 0.3) is 0 Å². The largest absolute Gasteiger partial charge is 0.490 e. The number of carbonyl (C=O) groups is 2. The minimum absolute atomic E-state index is 0.0534. The Labute approximate surface area is 156 Å². The molecule has 0 saturated carbocycles. The van der Waals surface area contributed by atoms with Crippen LogP contribution in [0.1, 0.15) is 13.8 Å². The minimum Gasteiger partial charge on any atom is -0.490 e. The molecule has 0 bridgehead atoms. The smallest absolute Gasteiger partial charge is 0.279 e. The first-order chi connectivity index (χ1) is 13.0. The lowest BCUT2D eigenvalue weighted by Gasteiger charge is -2.16. The number of ether oxygens (including phenoxy) is 3. The zero-order chi connectivity index (χ0) is 19.6. The molecule has 7 nitrogen and oxygen atoms in total. The fraction of sp³-hybridized carbons (Fsp3) is 0.263. The van der Waals surface area contributed by atoms with Gasteiger partial charge in [-0.1, -0.05) is 24.3 Å². The minimum atomic E-state index is -1.01. The van der Waals surface area contributed by atoms with Gasteiger partial charge in [0, 0.05) is 0 Å². The zero-order valence-corrected chi connectivity index (χ0v) is 15.0. The molecule has 2 aromatic rings. The molecule has 0 aliphatic heterocycles. The quantitative estimate of drug-likeness (QED) is 0.690. The summed E-state index contributed by atoms with van der Waals surface area (Å²) < 4.78 is 29.5. The third-order valence-electron chi connectivity index (χ3n) is 3.34. The van der Waals surface area contributed by atoms with E-state index in [4.69, 9.17) is 14.2 Å². The van der Waals surface area contributed by atoms with Crippen LogP contribution < -0.4 is 25.1 Å². The lowest BCUT2D eigenvalue weighted by atomic mass is 10.3. The topological polar surface area (TPSA) is 85.9 Å². The Balaban J connectivity index is 1.78. The highest BCUT2D eigenvalue weighted by Gasteiger charge is 2.17. The van der Waals surface area contributed by atoms with Crippen molar-refractivity contribution >= 4 is 11.8 Å². The van der Waals surface area contributed by atoms with Crippen LogP contribution in [-0.4, -0.2) is 31.1 Å². The molecule has 0 aliphatic carbocycles. The van der Waals surface area contributed by atoms with Crippen LogP contribution in [0.4, 0.5) is 4.39 Å². The molecule has 0 unspecified atom stereocenters. The molecule has 0 heterocycles. The van der Waals surface area contributed by atoms with Gasteiger partial charge in [-0.15, -0.1) is 0 Å². The summed E-state index contributed by atoms with van der Waals surface area (Å²) in [5.74, 6) is -0.917. The Bertz CT molecular complexity index is 784. The van der Waals surface area contributed by atoms with Gasteiger partial charge in [0.05, 0.1) is 6.61 Å². The van der Waals surface area contributed by atoms with E-state index < -0.39 is 23.7 Å². The summed E-state index contributed by atoms with van der Waals surface area (Å²) in [7, 11) is 0. The number of halogens is 1. The molecule has 0 saturated heterocycles. The molecule has 0 fully saturated rings. The maximum atomic E-state index is 13.5. The highest BCUT2D eigenvalue weighted by molar-refractivity contribution is 5.85. The van der Waals surface area contributed by atoms with E-state index in [1.165, 1.54) is 25.1 Å². The third kappa shape index (κ3) is 6.18. The average molecular weight is 376 g/mol. The van der Waals surface area contributed by atoms with E-state index >= 15 is 0 Å². The highest BCUT2D eigenvalue weighted by atomic mass is 19.1. The molecule has 144 valence electrons. The number of carbonyl (C=O) groups excluding carboxylic acids is 2. The lowest BCUT2D eigenvalue weighted by molar-refractivity contribution is -0.133.